The minimum absolute atomic E-state index is 0.175. The Morgan fingerprint density at radius 2 is 1.81 bits per heavy atom. The Morgan fingerprint density at radius 3 is 2.38 bits per heavy atom. The standard InChI is InChI=1S/C19H18N2O5/c1-11-14(19(25)26-3)15-16(17(22)13(18(23)24)10-20(15)2)21(11)9-12-7-5-4-6-8-12/h4-8,10H,9H2,1-3H3,(H,23,24). The normalized spacial score (nSPS) is 10.9. The van der Waals surface area contributed by atoms with Crippen molar-refractivity contribution < 1.29 is 19.4 Å². The van der Waals surface area contributed by atoms with Crippen LogP contribution < -0.4 is 5.43 Å². The molecule has 2 heterocycles. The third kappa shape index (κ3) is 2.67. The van der Waals surface area contributed by atoms with Crippen molar-refractivity contribution in [2.75, 3.05) is 7.11 Å². The van der Waals surface area contributed by atoms with Crippen molar-refractivity contribution in [2.45, 2.75) is 13.5 Å². The summed E-state index contributed by atoms with van der Waals surface area (Å²) in [4.78, 5) is 36.6. The van der Waals surface area contributed by atoms with Gasteiger partial charge < -0.3 is 19.0 Å². The van der Waals surface area contributed by atoms with Crippen LogP contribution in [0.4, 0.5) is 0 Å². The molecular weight excluding hydrogens is 336 g/mol. The Kier molecular flexibility index (Phi) is 4.38. The molecule has 7 nitrogen and oxygen atoms in total. The second kappa shape index (κ2) is 6.51. The van der Waals surface area contributed by atoms with E-state index in [2.05, 4.69) is 0 Å². The van der Waals surface area contributed by atoms with E-state index in [1.54, 1.807) is 18.5 Å². The van der Waals surface area contributed by atoms with Crippen molar-refractivity contribution in [3.05, 3.63) is 69.1 Å². The van der Waals surface area contributed by atoms with E-state index in [0.717, 1.165) is 5.56 Å². The Labute approximate surface area is 149 Å². The zero-order valence-electron chi connectivity index (χ0n) is 14.6. The Bertz CT molecular complexity index is 1080. The quantitative estimate of drug-likeness (QED) is 0.725. The van der Waals surface area contributed by atoms with Crippen molar-refractivity contribution in [1.82, 2.24) is 9.13 Å². The number of hydrogen-bond acceptors (Lipinski definition) is 4. The minimum atomic E-state index is -1.31. The van der Waals surface area contributed by atoms with Gasteiger partial charge in [0.15, 0.2) is 0 Å². The third-order valence-corrected chi connectivity index (χ3v) is 4.44. The van der Waals surface area contributed by atoms with Crippen molar-refractivity contribution in [3.63, 3.8) is 0 Å². The van der Waals surface area contributed by atoms with Gasteiger partial charge in [0.25, 0.3) is 0 Å². The lowest BCUT2D eigenvalue weighted by molar-refractivity contribution is 0.0600. The van der Waals surface area contributed by atoms with E-state index in [1.165, 1.54) is 17.9 Å². The van der Waals surface area contributed by atoms with E-state index in [-0.39, 0.29) is 16.6 Å². The summed E-state index contributed by atoms with van der Waals surface area (Å²) >= 11 is 0. The number of ether oxygens (including phenoxy) is 1. The molecule has 1 N–H and O–H groups in total. The summed E-state index contributed by atoms with van der Waals surface area (Å²) < 4.78 is 8.04. The molecule has 0 radical (unpaired) electrons. The number of methoxy groups -OCH3 is 1. The monoisotopic (exact) mass is 354 g/mol. The van der Waals surface area contributed by atoms with Gasteiger partial charge in [-0.05, 0) is 12.5 Å². The molecule has 0 aliphatic heterocycles. The number of esters is 1. The van der Waals surface area contributed by atoms with Gasteiger partial charge in [-0.2, -0.15) is 0 Å². The maximum Gasteiger partial charge on any atom is 0.341 e. The Morgan fingerprint density at radius 1 is 1.15 bits per heavy atom. The highest BCUT2D eigenvalue weighted by atomic mass is 16.5. The van der Waals surface area contributed by atoms with Crippen LogP contribution in [0.3, 0.4) is 0 Å². The molecule has 134 valence electrons. The highest BCUT2D eigenvalue weighted by Gasteiger charge is 2.26. The third-order valence-electron chi connectivity index (χ3n) is 4.44. The number of rotatable bonds is 4. The zero-order chi connectivity index (χ0) is 19.0. The molecule has 26 heavy (non-hydrogen) atoms. The number of aromatic nitrogens is 2. The zero-order valence-corrected chi connectivity index (χ0v) is 14.6. The lowest BCUT2D eigenvalue weighted by atomic mass is 10.2. The second-order valence-corrected chi connectivity index (χ2v) is 6.01. The summed E-state index contributed by atoms with van der Waals surface area (Å²) in [6.45, 7) is 2.05. The average molecular weight is 354 g/mol. The fourth-order valence-electron chi connectivity index (χ4n) is 3.20. The first kappa shape index (κ1) is 17.5. The molecule has 2 aromatic heterocycles. The molecule has 0 amide bonds. The van der Waals surface area contributed by atoms with Gasteiger partial charge in [-0.1, -0.05) is 30.3 Å². The van der Waals surface area contributed by atoms with E-state index in [4.69, 9.17) is 4.74 Å². The molecule has 3 aromatic rings. The smallest absolute Gasteiger partial charge is 0.341 e. The van der Waals surface area contributed by atoms with Gasteiger partial charge >= 0.3 is 11.9 Å². The highest BCUT2D eigenvalue weighted by molar-refractivity contribution is 6.05. The Hall–Kier alpha value is -3.35. The van der Waals surface area contributed by atoms with Crippen LogP contribution in [-0.4, -0.2) is 33.3 Å². The maximum atomic E-state index is 12.8. The van der Waals surface area contributed by atoms with E-state index in [9.17, 15) is 19.5 Å². The predicted octanol–water partition coefficient (Wildman–Crippen LogP) is 2.18. The number of carbonyl (C=O) groups excluding carboxylic acids is 1. The van der Waals surface area contributed by atoms with Gasteiger partial charge in [0.05, 0.1) is 12.6 Å². The van der Waals surface area contributed by atoms with E-state index in [1.807, 2.05) is 30.3 Å². The number of aryl methyl sites for hydroxylation is 1. The minimum Gasteiger partial charge on any atom is -0.477 e. The molecule has 7 heteroatoms. The van der Waals surface area contributed by atoms with Gasteiger partial charge in [-0.25, -0.2) is 9.59 Å². The number of aromatic carboxylic acids is 1. The van der Waals surface area contributed by atoms with Gasteiger partial charge in [0.1, 0.15) is 16.6 Å². The molecule has 0 aliphatic carbocycles. The molecule has 0 fully saturated rings. The van der Waals surface area contributed by atoms with Crippen LogP contribution in [0.5, 0.6) is 0 Å². The molecule has 0 bridgehead atoms. The number of pyridine rings is 1. The molecule has 0 atom stereocenters. The molecule has 0 aliphatic rings. The van der Waals surface area contributed by atoms with E-state index >= 15 is 0 Å². The fraction of sp³-hybridized carbons (Fsp3) is 0.211. The second-order valence-electron chi connectivity index (χ2n) is 6.01. The summed E-state index contributed by atoms with van der Waals surface area (Å²) in [7, 11) is 2.87. The van der Waals surface area contributed by atoms with E-state index < -0.39 is 17.4 Å². The predicted molar refractivity (Wildman–Crippen MR) is 95.8 cm³/mol. The number of hydrogen-bond donors (Lipinski definition) is 1. The van der Waals surface area contributed by atoms with Gasteiger partial charge in [0.2, 0.25) is 5.43 Å². The fourth-order valence-corrected chi connectivity index (χ4v) is 3.20. The first-order valence-corrected chi connectivity index (χ1v) is 7.94. The maximum absolute atomic E-state index is 12.8. The summed E-state index contributed by atoms with van der Waals surface area (Å²) in [5, 5.41) is 9.35. The van der Waals surface area contributed by atoms with Crippen molar-refractivity contribution in [1.29, 1.82) is 0 Å². The summed E-state index contributed by atoms with van der Waals surface area (Å²) in [5.74, 6) is -1.88. The summed E-state index contributed by atoms with van der Waals surface area (Å²) in [6.07, 6.45) is 1.23. The van der Waals surface area contributed by atoms with Crippen molar-refractivity contribution >= 4 is 23.0 Å². The summed E-state index contributed by atoms with van der Waals surface area (Å²) in [6, 6.07) is 9.42. The van der Waals surface area contributed by atoms with Crippen LogP contribution in [0.2, 0.25) is 0 Å². The Balaban J connectivity index is 2.42. The van der Waals surface area contributed by atoms with Crippen LogP contribution in [0.25, 0.3) is 11.0 Å². The lowest BCUT2D eigenvalue weighted by Crippen LogP contribution is -2.20. The molecule has 3 rings (SSSR count). The molecule has 0 saturated carbocycles. The first-order valence-electron chi connectivity index (χ1n) is 7.94. The number of fused-ring (bicyclic) bond motifs is 1. The number of carboxylic acids is 1. The van der Waals surface area contributed by atoms with Crippen LogP contribution in [0.15, 0.2) is 41.3 Å². The number of nitrogens with zero attached hydrogens (tertiary/aromatic N) is 2. The number of carboxylic acid groups (broad SMARTS) is 1. The van der Waals surface area contributed by atoms with Crippen LogP contribution in [0, 0.1) is 6.92 Å². The topological polar surface area (TPSA) is 90.5 Å². The van der Waals surface area contributed by atoms with Gasteiger partial charge in [0, 0.05) is 25.5 Å². The van der Waals surface area contributed by atoms with Crippen LogP contribution in [0.1, 0.15) is 32.0 Å². The lowest BCUT2D eigenvalue weighted by Gasteiger charge is -2.09. The molecular formula is C19H18N2O5. The van der Waals surface area contributed by atoms with Gasteiger partial charge in [-0.3, -0.25) is 4.79 Å². The SMILES string of the molecule is COC(=O)c1c(C)n(Cc2ccccc2)c2c(=O)c(C(=O)O)cn(C)c12. The van der Waals surface area contributed by atoms with E-state index in [0.29, 0.717) is 17.8 Å². The average Bonchev–Trinajstić information content (AvgIpc) is 2.91. The van der Waals surface area contributed by atoms with Crippen molar-refractivity contribution in [2.24, 2.45) is 7.05 Å². The molecule has 0 spiro atoms. The van der Waals surface area contributed by atoms with Gasteiger partial charge in [-0.15, -0.1) is 0 Å². The number of carbonyl (C=O) groups is 2. The van der Waals surface area contributed by atoms with Crippen molar-refractivity contribution in [3.8, 4) is 0 Å². The molecule has 1 aromatic carbocycles. The van der Waals surface area contributed by atoms with Crippen LogP contribution in [-0.2, 0) is 18.3 Å². The van der Waals surface area contributed by atoms with Crippen LogP contribution >= 0.6 is 0 Å². The largest absolute Gasteiger partial charge is 0.477 e. The molecule has 0 saturated heterocycles. The first-order chi connectivity index (χ1) is 12.4. The molecule has 0 unspecified atom stereocenters. The number of benzene rings is 1. The summed E-state index contributed by atoms with van der Waals surface area (Å²) in [5.41, 5.74) is 1.30. The highest BCUT2D eigenvalue weighted by Crippen LogP contribution is 2.26.